The fourth-order valence-electron chi connectivity index (χ4n) is 2.60. The Hall–Kier alpha value is -3.02. The average Bonchev–Trinajstić information content (AvgIpc) is 2.57. The van der Waals surface area contributed by atoms with E-state index in [1.165, 1.54) is 0 Å². The Kier molecular flexibility index (Phi) is 4.65. The summed E-state index contributed by atoms with van der Waals surface area (Å²) in [5.41, 5.74) is 3.11. The maximum absolute atomic E-state index is 12.2. The molecular weight excluding hydrogens is 306 g/mol. The van der Waals surface area contributed by atoms with E-state index in [-0.39, 0.29) is 11.9 Å². The number of carbonyl (C=O) groups is 2. The summed E-state index contributed by atoms with van der Waals surface area (Å²) in [5, 5.41) is 8.41. The van der Waals surface area contributed by atoms with Gasteiger partial charge in [0.25, 0.3) is 0 Å². The zero-order chi connectivity index (χ0) is 16.9. The summed E-state index contributed by atoms with van der Waals surface area (Å²) >= 11 is 0. The number of para-hydroxylation sites is 2. The molecule has 2 aromatic carbocycles. The highest BCUT2D eigenvalue weighted by molar-refractivity contribution is 6.01. The van der Waals surface area contributed by atoms with Crippen LogP contribution >= 0.6 is 0 Å². The number of hydrogen-bond acceptors (Lipinski definition) is 3. The van der Waals surface area contributed by atoms with Crippen LogP contribution in [0.2, 0.25) is 0 Å². The smallest absolute Gasteiger partial charge is 0.323 e. The molecule has 0 atom stereocenters. The standard InChI is InChI=1S/C18H19N3O3/c1-2-24-16-6-4-3-5-15(16)21-18(23)19-13-8-9-14-12(11-13)7-10-17(22)20-14/h3-6,8-9,11H,2,7,10H2,1H3,(H,20,22)(H2,19,21,23). The van der Waals surface area contributed by atoms with Gasteiger partial charge in [-0.2, -0.15) is 0 Å². The third kappa shape index (κ3) is 3.65. The van der Waals surface area contributed by atoms with Gasteiger partial charge in [-0.25, -0.2) is 4.79 Å². The summed E-state index contributed by atoms with van der Waals surface area (Å²) in [5.74, 6) is 0.650. The van der Waals surface area contributed by atoms with E-state index >= 15 is 0 Å². The third-order valence-corrected chi connectivity index (χ3v) is 3.69. The van der Waals surface area contributed by atoms with E-state index in [4.69, 9.17) is 4.74 Å². The van der Waals surface area contributed by atoms with E-state index in [0.29, 0.717) is 36.6 Å². The summed E-state index contributed by atoms with van der Waals surface area (Å²) in [4.78, 5) is 23.6. The summed E-state index contributed by atoms with van der Waals surface area (Å²) in [7, 11) is 0. The summed E-state index contributed by atoms with van der Waals surface area (Å²) in [6.07, 6.45) is 1.13. The van der Waals surface area contributed by atoms with E-state index < -0.39 is 0 Å². The molecule has 124 valence electrons. The Balaban J connectivity index is 1.68. The van der Waals surface area contributed by atoms with Crippen LogP contribution in [0.3, 0.4) is 0 Å². The van der Waals surface area contributed by atoms with Crippen molar-refractivity contribution in [2.75, 3.05) is 22.6 Å². The molecule has 2 aromatic rings. The van der Waals surface area contributed by atoms with Crippen molar-refractivity contribution < 1.29 is 14.3 Å². The third-order valence-electron chi connectivity index (χ3n) is 3.69. The van der Waals surface area contributed by atoms with Gasteiger partial charge in [0.1, 0.15) is 5.75 Å². The quantitative estimate of drug-likeness (QED) is 0.803. The molecule has 0 aromatic heterocycles. The van der Waals surface area contributed by atoms with Crippen LogP contribution in [0.5, 0.6) is 5.75 Å². The number of fused-ring (bicyclic) bond motifs is 1. The lowest BCUT2D eigenvalue weighted by Crippen LogP contribution is -2.21. The van der Waals surface area contributed by atoms with E-state index in [2.05, 4.69) is 16.0 Å². The van der Waals surface area contributed by atoms with Gasteiger partial charge in [-0.15, -0.1) is 0 Å². The van der Waals surface area contributed by atoms with Crippen LogP contribution in [0, 0.1) is 0 Å². The van der Waals surface area contributed by atoms with Gasteiger partial charge in [-0.05, 0) is 49.2 Å². The molecule has 0 bridgehead atoms. The molecular formula is C18H19N3O3. The molecule has 3 N–H and O–H groups in total. The molecule has 0 aliphatic carbocycles. The summed E-state index contributed by atoms with van der Waals surface area (Å²) < 4.78 is 5.49. The van der Waals surface area contributed by atoms with Crippen molar-refractivity contribution in [3.05, 3.63) is 48.0 Å². The van der Waals surface area contributed by atoms with Crippen molar-refractivity contribution in [3.8, 4) is 5.75 Å². The predicted molar refractivity (Wildman–Crippen MR) is 93.6 cm³/mol. The molecule has 0 radical (unpaired) electrons. The van der Waals surface area contributed by atoms with Gasteiger partial charge in [0.15, 0.2) is 0 Å². The fourth-order valence-corrected chi connectivity index (χ4v) is 2.60. The summed E-state index contributed by atoms with van der Waals surface area (Å²) in [6, 6.07) is 12.4. The highest BCUT2D eigenvalue weighted by Crippen LogP contribution is 2.27. The van der Waals surface area contributed by atoms with Gasteiger partial charge in [0.05, 0.1) is 12.3 Å². The van der Waals surface area contributed by atoms with Gasteiger partial charge in [0, 0.05) is 17.8 Å². The minimum atomic E-state index is -0.345. The topological polar surface area (TPSA) is 79.5 Å². The number of nitrogens with one attached hydrogen (secondary N) is 3. The molecule has 0 spiro atoms. The Morgan fingerprint density at radius 1 is 1.17 bits per heavy atom. The van der Waals surface area contributed by atoms with Crippen molar-refractivity contribution in [2.45, 2.75) is 19.8 Å². The van der Waals surface area contributed by atoms with Crippen LogP contribution in [0.25, 0.3) is 0 Å². The molecule has 1 heterocycles. The number of ether oxygens (including phenoxy) is 1. The van der Waals surface area contributed by atoms with Crippen LogP contribution < -0.4 is 20.7 Å². The first kappa shape index (κ1) is 15.9. The molecule has 6 nitrogen and oxygen atoms in total. The highest BCUT2D eigenvalue weighted by atomic mass is 16.5. The van der Waals surface area contributed by atoms with Crippen molar-refractivity contribution in [2.24, 2.45) is 0 Å². The second-order valence-corrected chi connectivity index (χ2v) is 5.43. The molecule has 0 saturated heterocycles. The van der Waals surface area contributed by atoms with Crippen LogP contribution in [0.4, 0.5) is 21.9 Å². The van der Waals surface area contributed by atoms with E-state index in [1.807, 2.05) is 25.1 Å². The van der Waals surface area contributed by atoms with Gasteiger partial charge >= 0.3 is 6.03 Å². The maximum Gasteiger partial charge on any atom is 0.323 e. The fraction of sp³-hybridized carbons (Fsp3) is 0.222. The number of urea groups is 1. The Labute approximate surface area is 140 Å². The van der Waals surface area contributed by atoms with E-state index in [9.17, 15) is 9.59 Å². The number of amides is 3. The molecule has 3 amide bonds. The number of carbonyl (C=O) groups excluding carboxylic acids is 2. The number of anilines is 3. The van der Waals surface area contributed by atoms with Gasteiger partial charge < -0.3 is 20.7 Å². The molecule has 6 heteroatoms. The molecule has 0 saturated carbocycles. The minimum Gasteiger partial charge on any atom is -0.492 e. The number of aryl methyl sites for hydroxylation is 1. The molecule has 0 unspecified atom stereocenters. The second-order valence-electron chi connectivity index (χ2n) is 5.43. The maximum atomic E-state index is 12.2. The Morgan fingerprint density at radius 3 is 2.83 bits per heavy atom. The Morgan fingerprint density at radius 2 is 2.00 bits per heavy atom. The lowest BCUT2D eigenvalue weighted by atomic mass is 10.0. The SMILES string of the molecule is CCOc1ccccc1NC(=O)Nc1ccc2c(c1)CCC(=O)N2. The first-order valence-corrected chi connectivity index (χ1v) is 7.88. The zero-order valence-electron chi connectivity index (χ0n) is 13.4. The normalized spacial score (nSPS) is 12.8. The Bertz CT molecular complexity index is 774. The van der Waals surface area contributed by atoms with Crippen LogP contribution in [-0.4, -0.2) is 18.5 Å². The molecule has 1 aliphatic rings. The molecule has 3 rings (SSSR count). The first-order valence-electron chi connectivity index (χ1n) is 7.88. The monoisotopic (exact) mass is 325 g/mol. The largest absolute Gasteiger partial charge is 0.492 e. The lowest BCUT2D eigenvalue weighted by molar-refractivity contribution is -0.116. The average molecular weight is 325 g/mol. The van der Waals surface area contributed by atoms with Crippen molar-refractivity contribution >= 4 is 29.0 Å². The highest BCUT2D eigenvalue weighted by Gasteiger charge is 2.15. The summed E-state index contributed by atoms with van der Waals surface area (Å²) in [6.45, 7) is 2.42. The van der Waals surface area contributed by atoms with Gasteiger partial charge in [0.2, 0.25) is 5.91 Å². The number of benzene rings is 2. The molecule has 0 fully saturated rings. The zero-order valence-corrected chi connectivity index (χ0v) is 13.4. The van der Waals surface area contributed by atoms with Crippen molar-refractivity contribution in [3.63, 3.8) is 0 Å². The first-order chi connectivity index (χ1) is 11.7. The number of rotatable bonds is 4. The van der Waals surface area contributed by atoms with E-state index in [0.717, 1.165) is 11.3 Å². The van der Waals surface area contributed by atoms with Crippen LogP contribution in [0.1, 0.15) is 18.9 Å². The van der Waals surface area contributed by atoms with Crippen LogP contribution in [0.15, 0.2) is 42.5 Å². The van der Waals surface area contributed by atoms with Gasteiger partial charge in [-0.1, -0.05) is 12.1 Å². The second kappa shape index (κ2) is 7.04. The number of hydrogen-bond donors (Lipinski definition) is 3. The molecule has 24 heavy (non-hydrogen) atoms. The van der Waals surface area contributed by atoms with Crippen molar-refractivity contribution in [1.82, 2.24) is 0 Å². The van der Waals surface area contributed by atoms with Crippen LogP contribution in [-0.2, 0) is 11.2 Å². The van der Waals surface area contributed by atoms with Gasteiger partial charge in [-0.3, -0.25) is 4.79 Å². The van der Waals surface area contributed by atoms with Crippen molar-refractivity contribution in [1.29, 1.82) is 0 Å². The predicted octanol–water partition coefficient (Wildman–Crippen LogP) is 3.61. The van der Waals surface area contributed by atoms with E-state index in [1.54, 1.807) is 24.3 Å². The minimum absolute atomic E-state index is 0.0217. The molecule has 1 aliphatic heterocycles. The lowest BCUT2D eigenvalue weighted by Gasteiger charge is -2.18.